The number of aromatic nitrogens is 4. The minimum absolute atomic E-state index is 0.0839. The van der Waals surface area contributed by atoms with Crippen LogP contribution in [-0.2, 0) is 9.84 Å². The molecule has 0 saturated heterocycles. The number of benzene rings is 1. The van der Waals surface area contributed by atoms with Crippen molar-refractivity contribution in [3.05, 3.63) is 66.5 Å². The van der Waals surface area contributed by atoms with E-state index in [1.165, 1.54) is 12.3 Å². The fourth-order valence-corrected chi connectivity index (χ4v) is 5.94. The Hall–Kier alpha value is -2.83. The third-order valence-electron chi connectivity index (χ3n) is 5.32. The minimum atomic E-state index is -3.55. The highest BCUT2D eigenvalue weighted by atomic mass is 35.5. The van der Waals surface area contributed by atoms with E-state index >= 15 is 0 Å². The van der Waals surface area contributed by atoms with Gasteiger partial charge in [0.1, 0.15) is 0 Å². The van der Waals surface area contributed by atoms with Crippen molar-refractivity contribution in [1.82, 2.24) is 19.7 Å². The smallest absolute Gasteiger partial charge is 0.349 e. The molecule has 0 aliphatic heterocycles. The van der Waals surface area contributed by atoms with Crippen LogP contribution >= 0.6 is 23.2 Å². The average Bonchev–Trinajstić information content (AvgIpc) is 2.69. The monoisotopic (exact) mass is 532 g/mol. The van der Waals surface area contributed by atoms with Crippen LogP contribution in [0.5, 0.6) is 11.6 Å². The zero-order valence-corrected chi connectivity index (χ0v) is 19.7. The number of alkyl halides is 2. The highest BCUT2D eigenvalue weighted by molar-refractivity contribution is 7.92. The SMILES string of the molecule is Cc1cnc(Oc2c(Cl)cc(-n3nc(C(F)F)c(=O)[nH]c3=O)cc2Cl)cc1S(=O)(=O)C1CCC1. The molecule has 14 heteroatoms. The molecule has 0 unspecified atom stereocenters. The molecule has 34 heavy (non-hydrogen) atoms. The average molecular weight is 533 g/mol. The summed E-state index contributed by atoms with van der Waals surface area (Å²) in [5.41, 5.74) is -3.20. The van der Waals surface area contributed by atoms with Gasteiger partial charge in [0, 0.05) is 12.3 Å². The summed E-state index contributed by atoms with van der Waals surface area (Å²) in [6.07, 6.45) is 0.158. The second-order valence-electron chi connectivity index (χ2n) is 7.58. The Kier molecular flexibility index (Phi) is 6.49. The maximum atomic E-state index is 13.0. The van der Waals surface area contributed by atoms with Crippen LogP contribution in [-0.4, -0.2) is 33.4 Å². The van der Waals surface area contributed by atoms with E-state index in [0.29, 0.717) is 23.1 Å². The first-order valence-corrected chi connectivity index (χ1v) is 12.2. The Morgan fingerprint density at radius 1 is 1.18 bits per heavy atom. The van der Waals surface area contributed by atoms with Crippen LogP contribution in [0, 0.1) is 6.92 Å². The number of ether oxygens (including phenoxy) is 1. The van der Waals surface area contributed by atoms with Crippen molar-refractivity contribution in [2.45, 2.75) is 42.8 Å². The van der Waals surface area contributed by atoms with Gasteiger partial charge in [0.05, 0.1) is 25.9 Å². The van der Waals surface area contributed by atoms with E-state index in [9.17, 15) is 26.8 Å². The summed E-state index contributed by atoms with van der Waals surface area (Å²) in [4.78, 5) is 29.5. The van der Waals surface area contributed by atoms with Gasteiger partial charge in [-0.2, -0.15) is 9.78 Å². The van der Waals surface area contributed by atoms with Crippen LogP contribution in [0.15, 0.2) is 38.9 Å². The van der Waals surface area contributed by atoms with Gasteiger partial charge in [0.15, 0.2) is 21.3 Å². The Morgan fingerprint density at radius 2 is 1.82 bits per heavy atom. The number of sulfone groups is 1. The molecule has 3 aromatic rings. The van der Waals surface area contributed by atoms with Crippen molar-refractivity contribution in [1.29, 1.82) is 0 Å². The molecule has 1 fully saturated rings. The topological polar surface area (TPSA) is 124 Å². The molecule has 0 amide bonds. The van der Waals surface area contributed by atoms with Crippen molar-refractivity contribution in [3.63, 3.8) is 0 Å². The summed E-state index contributed by atoms with van der Waals surface area (Å²) >= 11 is 12.5. The third kappa shape index (κ3) is 4.44. The van der Waals surface area contributed by atoms with E-state index in [0.717, 1.165) is 18.6 Å². The Labute approximate surface area is 201 Å². The minimum Gasteiger partial charge on any atom is -0.436 e. The molecule has 1 N–H and O–H groups in total. The predicted molar refractivity (Wildman–Crippen MR) is 119 cm³/mol. The quantitative estimate of drug-likeness (QED) is 0.508. The number of hydrogen-bond acceptors (Lipinski definition) is 7. The Morgan fingerprint density at radius 3 is 2.38 bits per heavy atom. The zero-order chi connectivity index (χ0) is 24.8. The Balaban J connectivity index is 1.71. The molecule has 1 saturated carbocycles. The van der Waals surface area contributed by atoms with Crippen LogP contribution in [0.4, 0.5) is 8.78 Å². The fraction of sp³-hybridized carbons (Fsp3) is 0.300. The van der Waals surface area contributed by atoms with E-state index in [1.807, 2.05) is 0 Å². The van der Waals surface area contributed by atoms with Crippen molar-refractivity contribution in [2.75, 3.05) is 0 Å². The number of H-pyrrole nitrogens is 1. The number of aromatic amines is 1. The summed E-state index contributed by atoms with van der Waals surface area (Å²) in [5.74, 6) is -0.193. The van der Waals surface area contributed by atoms with Crippen LogP contribution in [0.1, 0.15) is 36.9 Å². The van der Waals surface area contributed by atoms with Crippen molar-refractivity contribution in [3.8, 4) is 17.3 Å². The standard InChI is InChI=1S/C20H16Cl2F2N4O5S/c1-9-8-25-15(7-14(9)34(31,32)11-3-2-4-11)33-17-12(21)5-10(6-13(17)22)28-20(30)26-19(29)16(27-28)18(23)24/h5-8,11,18H,2-4H2,1H3,(H,26,29,30). The van der Waals surface area contributed by atoms with Crippen molar-refractivity contribution < 1.29 is 21.9 Å². The van der Waals surface area contributed by atoms with Gasteiger partial charge in [-0.05, 0) is 37.5 Å². The summed E-state index contributed by atoms with van der Waals surface area (Å²) in [6, 6.07) is 3.60. The lowest BCUT2D eigenvalue weighted by atomic mass is 10.00. The number of hydrogen-bond donors (Lipinski definition) is 1. The Bertz CT molecular complexity index is 1480. The highest BCUT2D eigenvalue weighted by Gasteiger charge is 2.34. The molecule has 1 aromatic carbocycles. The number of aryl methyl sites for hydroxylation is 1. The van der Waals surface area contributed by atoms with E-state index in [2.05, 4.69) is 10.1 Å². The molecule has 9 nitrogen and oxygen atoms in total. The second-order valence-corrected chi connectivity index (χ2v) is 10.6. The molecule has 0 radical (unpaired) electrons. The van der Waals surface area contributed by atoms with Gasteiger partial charge in [0.2, 0.25) is 5.88 Å². The number of nitrogens with zero attached hydrogens (tertiary/aromatic N) is 3. The summed E-state index contributed by atoms with van der Waals surface area (Å²) < 4.78 is 57.9. The van der Waals surface area contributed by atoms with E-state index in [1.54, 1.807) is 11.9 Å². The number of pyridine rings is 1. The van der Waals surface area contributed by atoms with Gasteiger partial charge in [-0.25, -0.2) is 27.0 Å². The first-order valence-electron chi connectivity index (χ1n) is 9.88. The highest BCUT2D eigenvalue weighted by Crippen LogP contribution is 2.39. The number of halogens is 4. The maximum Gasteiger partial charge on any atom is 0.349 e. The van der Waals surface area contributed by atoms with Crippen LogP contribution in [0.3, 0.4) is 0 Å². The number of nitrogens with one attached hydrogen (secondary N) is 1. The first-order chi connectivity index (χ1) is 16.0. The zero-order valence-electron chi connectivity index (χ0n) is 17.4. The lowest BCUT2D eigenvalue weighted by Crippen LogP contribution is -2.34. The molecule has 0 bridgehead atoms. The molecule has 0 spiro atoms. The molecule has 2 aromatic heterocycles. The van der Waals surface area contributed by atoms with Crippen LogP contribution < -0.4 is 16.0 Å². The van der Waals surface area contributed by atoms with E-state index in [-0.39, 0.29) is 32.3 Å². The fourth-order valence-electron chi connectivity index (χ4n) is 3.31. The normalized spacial score (nSPS) is 14.3. The lowest BCUT2D eigenvalue weighted by molar-refractivity contribution is 0.141. The largest absolute Gasteiger partial charge is 0.436 e. The van der Waals surface area contributed by atoms with E-state index < -0.39 is 38.5 Å². The van der Waals surface area contributed by atoms with Crippen molar-refractivity contribution in [2.24, 2.45) is 0 Å². The predicted octanol–water partition coefficient (Wildman–Crippen LogP) is 3.99. The summed E-state index contributed by atoms with van der Waals surface area (Å²) in [6.45, 7) is 1.62. The van der Waals surface area contributed by atoms with Gasteiger partial charge in [-0.15, -0.1) is 0 Å². The third-order valence-corrected chi connectivity index (χ3v) is 8.28. The van der Waals surface area contributed by atoms with E-state index in [4.69, 9.17) is 27.9 Å². The first kappa shape index (κ1) is 24.3. The molecule has 0 atom stereocenters. The lowest BCUT2D eigenvalue weighted by Gasteiger charge is -2.26. The molecular formula is C20H16Cl2F2N4O5S. The van der Waals surface area contributed by atoms with Gasteiger partial charge >= 0.3 is 5.69 Å². The summed E-state index contributed by atoms with van der Waals surface area (Å²) in [5, 5.41) is 2.65. The van der Waals surface area contributed by atoms with Gasteiger partial charge in [-0.3, -0.25) is 9.78 Å². The van der Waals surface area contributed by atoms with Gasteiger partial charge in [-0.1, -0.05) is 29.6 Å². The molecule has 180 valence electrons. The van der Waals surface area contributed by atoms with Gasteiger partial charge in [0.25, 0.3) is 12.0 Å². The van der Waals surface area contributed by atoms with Crippen LogP contribution in [0.25, 0.3) is 5.69 Å². The number of rotatable bonds is 6. The maximum absolute atomic E-state index is 13.0. The molecule has 4 rings (SSSR count). The molecular weight excluding hydrogens is 517 g/mol. The molecule has 1 aliphatic carbocycles. The molecule has 2 heterocycles. The second kappa shape index (κ2) is 9.08. The summed E-state index contributed by atoms with van der Waals surface area (Å²) in [7, 11) is -3.55. The van der Waals surface area contributed by atoms with Gasteiger partial charge < -0.3 is 4.74 Å². The van der Waals surface area contributed by atoms with Crippen LogP contribution in [0.2, 0.25) is 10.0 Å². The molecule has 1 aliphatic rings. The van der Waals surface area contributed by atoms with Crippen molar-refractivity contribution >= 4 is 33.0 Å².